The van der Waals surface area contributed by atoms with Gasteiger partial charge in [-0.3, -0.25) is 0 Å². The summed E-state index contributed by atoms with van der Waals surface area (Å²) >= 11 is 0. The van der Waals surface area contributed by atoms with Crippen molar-refractivity contribution in [1.29, 1.82) is 0 Å². The topological polar surface area (TPSA) is 82.4 Å². The van der Waals surface area contributed by atoms with Gasteiger partial charge in [-0.25, -0.2) is 14.1 Å². The second kappa shape index (κ2) is 10.0. The van der Waals surface area contributed by atoms with Gasteiger partial charge >= 0.3 is 11.9 Å². The molecule has 3 aromatic rings. The van der Waals surface area contributed by atoms with E-state index in [-0.39, 0.29) is 24.3 Å². The number of hydrogen-bond donors (Lipinski definition) is 0. The summed E-state index contributed by atoms with van der Waals surface area (Å²) < 4.78 is 18.0. The number of esters is 2. The van der Waals surface area contributed by atoms with E-state index in [1.165, 1.54) is 0 Å². The largest absolute Gasteiger partial charge is 0.462 e. The standard InChI is InChI=1S/C25H29N3O5/c1-4-19-21(24(29)32-5-2)22(25(30)33-6-3)23-18(17-10-8-7-9-11-17)16-20(26-28(19)23)27-12-14-31-15-13-27/h7-11,16H,4-6,12-15H2,1-3H3. The van der Waals surface area contributed by atoms with Crippen LogP contribution in [0.4, 0.5) is 5.82 Å². The van der Waals surface area contributed by atoms with E-state index in [2.05, 4.69) is 4.90 Å². The Hall–Kier alpha value is -3.39. The van der Waals surface area contributed by atoms with E-state index in [1.54, 1.807) is 18.4 Å². The van der Waals surface area contributed by atoms with Crippen LogP contribution in [0.3, 0.4) is 0 Å². The Morgan fingerprint density at radius 3 is 2.21 bits per heavy atom. The predicted octanol–water partition coefficient (Wildman–Crippen LogP) is 3.75. The highest BCUT2D eigenvalue weighted by Crippen LogP contribution is 2.35. The van der Waals surface area contributed by atoms with Crippen molar-refractivity contribution in [2.75, 3.05) is 44.4 Å². The molecule has 0 N–H and O–H groups in total. The molecule has 8 heteroatoms. The summed E-state index contributed by atoms with van der Waals surface area (Å²) in [5, 5.41) is 4.89. The van der Waals surface area contributed by atoms with Crippen molar-refractivity contribution >= 4 is 23.3 Å². The van der Waals surface area contributed by atoms with Crippen LogP contribution in [-0.4, -0.2) is 61.1 Å². The summed E-state index contributed by atoms with van der Waals surface area (Å²) in [5.74, 6) is -0.342. The van der Waals surface area contributed by atoms with Crippen LogP contribution in [0.1, 0.15) is 47.2 Å². The molecule has 0 aliphatic carbocycles. The first-order valence-corrected chi connectivity index (χ1v) is 11.4. The van der Waals surface area contributed by atoms with Gasteiger partial charge in [-0.15, -0.1) is 5.10 Å². The number of ether oxygens (including phenoxy) is 3. The van der Waals surface area contributed by atoms with Crippen molar-refractivity contribution in [3.63, 3.8) is 0 Å². The molecular formula is C25H29N3O5. The second-order valence-corrected chi connectivity index (χ2v) is 7.63. The van der Waals surface area contributed by atoms with Crippen LogP contribution in [0, 0.1) is 0 Å². The average Bonchev–Trinajstić information content (AvgIpc) is 3.19. The minimum absolute atomic E-state index is 0.194. The molecule has 4 rings (SSSR count). The van der Waals surface area contributed by atoms with Crippen LogP contribution in [-0.2, 0) is 20.6 Å². The zero-order chi connectivity index (χ0) is 23.4. The van der Waals surface area contributed by atoms with Gasteiger partial charge in [-0.05, 0) is 31.9 Å². The Morgan fingerprint density at radius 2 is 1.61 bits per heavy atom. The minimum Gasteiger partial charge on any atom is -0.462 e. The molecule has 0 bridgehead atoms. The third-order valence-electron chi connectivity index (χ3n) is 5.69. The number of carbonyl (C=O) groups is 2. The van der Waals surface area contributed by atoms with Crippen molar-refractivity contribution in [2.24, 2.45) is 0 Å². The van der Waals surface area contributed by atoms with Crippen LogP contribution < -0.4 is 4.90 Å². The van der Waals surface area contributed by atoms with E-state index in [1.807, 2.05) is 43.3 Å². The summed E-state index contributed by atoms with van der Waals surface area (Å²) in [4.78, 5) is 28.4. The number of aromatic nitrogens is 2. The van der Waals surface area contributed by atoms with E-state index in [0.717, 1.165) is 16.9 Å². The lowest BCUT2D eigenvalue weighted by molar-refractivity contribution is 0.0481. The highest BCUT2D eigenvalue weighted by Gasteiger charge is 2.32. The molecule has 174 valence electrons. The van der Waals surface area contributed by atoms with Gasteiger partial charge in [0.2, 0.25) is 0 Å². The smallest absolute Gasteiger partial charge is 0.341 e. The maximum absolute atomic E-state index is 13.2. The van der Waals surface area contributed by atoms with E-state index in [4.69, 9.17) is 19.3 Å². The van der Waals surface area contributed by atoms with Gasteiger partial charge in [0.15, 0.2) is 0 Å². The Bertz CT molecular complexity index is 1150. The number of hydrogen-bond acceptors (Lipinski definition) is 7. The zero-order valence-electron chi connectivity index (χ0n) is 19.3. The number of rotatable bonds is 7. The SMILES string of the molecule is CCOC(=O)c1c(C(=O)OCC)c2c(-c3ccccc3)cc(N3CCOCC3)nn2c1CC. The van der Waals surface area contributed by atoms with Crippen LogP contribution in [0.5, 0.6) is 0 Å². The molecule has 0 unspecified atom stereocenters. The van der Waals surface area contributed by atoms with E-state index in [9.17, 15) is 9.59 Å². The molecule has 0 saturated carbocycles. The number of carbonyl (C=O) groups excluding carboxylic acids is 2. The molecule has 1 saturated heterocycles. The number of nitrogens with zero attached hydrogens (tertiary/aromatic N) is 3. The first-order valence-electron chi connectivity index (χ1n) is 11.4. The van der Waals surface area contributed by atoms with Crippen molar-refractivity contribution in [1.82, 2.24) is 9.61 Å². The van der Waals surface area contributed by atoms with Gasteiger partial charge in [0.25, 0.3) is 0 Å². The normalized spacial score (nSPS) is 13.8. The molecule has 2 aromatic heterocycles. The maximum Gasteiger partial charge on any atom is 0.341 e. The van der Waals surface area contributed by atoms with Crippen molar-refractivity contribution in [3.8, 4) is 11.1 Å². The Labute approximate surface area is 193 Å². The number of aryl methyl sites for hydroxylation is 1. The first kappa shape index (κ1) is 22.8. The van der Waals surface area contributed by atoms with Crippen LogP contribution in [0.15, 0.2) is 36.4 Å². The van der Waals surface area contributed by atoms with Gasteiger partial charge in [0.05, 0.1) is 43.2 Å². The average molecular weight is 452 g/mol. The molecule has 1 aliphatic rings. The van der Waals surface area contributed by atoms with Gasteiger partial charge < -0.3 is 19.1 Å². The molecule has 0 atom stereocenters. The summed E-state index contributed by atoms with van der Waals surface area (Å²) in [7, 11) is 0. The molecular weight excluding hydrogens is 422 g/mol. The number of fused-ring (bicyclic) bond motifs is 1. The van der Waals surface area contributed by atoms with E-state index in [0.29, 0.717) is 43.9 Å². The molecule has 3 heterocycles. The molecule has 1 aromatic carbocycles. The molecule has 1 fully saturated rings. The summed E-state index contributed by atoms with van der Waals surface area (Å²) in [6.07, 6.45) is 0.489. The van der Waals surface area contributed by atoms with Crippen molar-refractivity contribution < 1.29 is 23.8 Å². The molecule has 0 spiro atoms. The third kappa shape index (κ3) is 4.30. The molecule has 0 radical (unpaired) electrons. The van der Waals surface area contributed by atoms with Gasteiger partial charge in [-0.2, -0.15) is 0 Å². The first-order chi connectivity index (χ1) is 16.1. The Balaban J connectivity index is 2.08. The lowest BCUT2D eigenvalue weighted by atomic mass is 10.0. The fourth-order valence-electron chi connectivity index (χ4n) is 4.23. The number of benzene rings is 1. The van der Waals surface area contributed by atoms with Gasteiger partial charge in [0, 0.05) is 18.7 Å². The minimum atomic E-state index is -0.559. The van der Waals surface area contributed by atoms with Crippen LogP contribution >= 0.6 is 0 Å². The van der Waals surface area contributed by atoms with E-state index >= 15 is 0 Å². The highest BCUT2D eigenvalue weighted by atomic mass is 16.5. The number of morpholine rings is 1. The molecule has 8 nitrogen and oxygen atoms in total. The fraction of sp³-hybridized carbons (Fsp3) is 0.400. The second-order valence-electron chi connectivity index (χ2n) is 7.63. The quantitative estimate of drug-likeness (QED) is 0.506. The van der Waals surface area contributed by atoms with Crippen LogP contribution in [0.25, 0.3) is 16.6 Å². The summed E-state index contributed by atoms with van der Waals surface area (Å²) in [6.45, 7) is 8.49. The predicted molar refractivity (Wildman–Crippen MR) is 125 cm³/mol. The zero-order valence-corrected chi connectivity index (χ0v) is 19.3. The number of anilines is 1. The van der Waals surface area contributed by atoms with Gasteiger partial charge in [-0.1, -0.05) is 37.3 Å². The fourth-order valence-corrected chi connectivity index (χ4v) is 4.23. The lowest BCUT2D eigenvalue weighted by Gasteiger charge is -2.28. The van der Waals surface area contributed by atoms with Gasteiger partial charge in [0.1, 0.15) is 11.4 Å². The van der Waals surface area contributed by atoms with Crippen molar-refractivity contribution in [2.45, 2.75) is 27.2 Å². The Kier molecular flexibility index (Phi) is 6.93. The molecule has 33 heavy (non-hydrogen) atoms. The summed E-state index contributed by atoms with van der Waals surface area (Å²) in [6, 6.07) is 11.8. The Morgan fingerprint density at radius 1 is 0.970 bits per heavy atom. The van der Waals surface area contributed by atoms with Crippen molar-refractivity contribution in [3.05, 3.63) is 53.2 Å². The highest BCUT2D eigenvalue weighted by molar-refractivity contribution is 6.12. The molecule has 0 amide bonds. The maximum atomic E-state index is 13.2. The molecule has 1 aliphatic heterocycles. The lowest BCUT2D eigenvalue weighted by Crippen LogP contribution is -2.37. The third-order valence-corrected chi connectivity index (χ3v) is 5.69. The summed E-state index contributed by atoms with van der Waals surface area (Å²) in [5.41, 5.74) is 3.32. The van der Waals surface area contributed by atoms with E-state index < -0.39 is 11.9 Å². The monoisotopic (exact) mass is 451 g/mol. The van der Waals surface area contributed by atoms with Crippen LogP contribution in [0.2, 0.25) is 0 Å².